The van der Waals surface area contributed by atoms with E-state index in [2.05, 4.69) is 30.3 Å². The summed E-state index contributed by atoms with van der Waals surface area (Å²) in [5.41, 5.74) is 4.97. The minimum absolute atomic E-state index is 0.741. The minimum Gasteiger partial charge on any atom is -0.222 e. The second kappa shape index (κ2) is 7.72. The molecule has 0 saturated heterocycles. The molecule has 1 aromatic heterocycles. The second-order valence-corrected chi connectivity index (χ2v) is 6.87. The van der Waals surface area contributed by atoms with Crippen molar-refractivity contribution in [2.75, 3.05) is 0 Å². The van der Waals surface area contributed by atoms with Crippen LogP contribution >= 0.6 is 11.6 Å². The molecule has 0 atom stereocenters. The van der Waals surface area contributed by atoms with Crippen LogP contribution in [0.5, 0.6) is 0 Å². The summed E-state index contributed by atoms with van der Waals surface area (Å²) in [6.45, 7) is 0. The molecule has 5 nitrogen and oxygen atoms in total. The molecule has 0 amide bonds. The van der Waals surface area contributed by atoms with E-state index < -0.39 is 10.2 Å². The van der Waals surface area contributed by atoms with Crippen molar-refractivity contribution in [3.8, 4) is 22.5 Å². The van der Waals surface area contributed by atoms with Crippen molar-refractivity contribution in [3.05, 3.63) is 77.0 Å². The average molecular weight is 393 g/mol. The van der Waals surface area contributed by atoms with Crippen LogP contribution in [-0.4, -0.2) is 0 Å². The molecule has 0 fully saturated rings. The Morgan fingerprint density at radius 2 is 1.42 bits per heavy atom. The van der Waals surface area contributed by atoms with Gasteiger partial charge in [0.2, 0.25) is 0 Å². The van der Waals surface area contributed by atoms with Gasteiger partial charge >= 0.3 is 11.5 Å². The fourth-order valence-electron chi connectivity index (χ4n) is 2.92. The predicted octanol–water partition coefficient (Wildman–Crippen LogP) is 0.891. The monoisotopic (exact) mass is 392 g/mol. The summed E-state index contributed by atoms with van der Waals surface area (Å²) >= 11 is 5.94. The number of halogens is 2. The van der Waals surface area contributed by atoms with Gasteiger partial charge in [0.1, 0.15) is 0 Å². The van der Waals surface area contributed by atoms with Gasteiger partial charge in [-0.3, -0.25) is 0 Å². The molecule has 4 rings (SSSR count). The summed E-state index contributed by atoms with van der Waals surface area (Å²) in [4.78, 5) is 0. The first kappa shape index (κ1) is 18.8. The summed E-state index contributed by atoms with van der Waals surface area (Å²) in [5.74, 6) is 1.96. The Kier molecular flexibility index (Phi) is 5.58. The highest BCUT2D eigenvalue weighted by atomic mass is 35.7. The van der Waals surface area contributed by atoms with Gasteiger partial charge < -0.3 is 0 Å². The van der Waals surface area contributed by atoms with Gasteiger partial charge in [-0.1, -0.05) is 35.9 Å². The van der Waals surface area contributed by atoms with E-state index in [0.29, 0.717) is 0 Å². The van der Waals surface area contributed by atoms with Crippen molar-refractivity contribution in [1.82, 2.24) is 0 Å². The molecular weight excluding hydrogens is 379 g/mol. The highest BCUT2D eigenvalue weighted by Crippen LogP contribution is 2.35. The lowest BCUT2D eigenvalue weighted by atomic mass is 9.89. The first-order valence-corrected chi connectivity index (χ1v) is 9.34. The molecule has 0 radical (unpaired) electrons. The molecule has 1 aliphatic carbocycles. The molecule has 0 N–H and O–H groups in total. The largest absolute Gasteiger partial charge is 0.360 e. The lowest BCUT2D eigenvalue weighted by Crippen LogP contribution is -2.68. The van der Waals surface area contributed by atoms with Crippen molar-refractivity contribution in [2.24, 2.45) is 0 Å². The van der Waals surface area contributed by atoms with Crippen LogP contribution < -0.4 is 18.6 Å². The maximum atomic E-state index is 8.49. The Hall–Kier alpha value is -1.99. The summed E-state index contributed by atoms with van der Waals surface area (Å²) in [7, 11) is -4.94. The zero-order valence-corrected chi connectivity index (χ0v) is 15.0. The van der Waals surface area contributed by atoms with E-state index in [9.17, 15) is 0 Å². The standard InChI is InChI=1S/C19H14ClO.ClHO4/c20-15-8-5-14(6-9-15)18-12-10-17-16-4-2-1-3-13(16)7-11-19(17)21-18;2-1(3,4)5/h1-6,8-10,12H,7,11H2;(H,2,3,4,5)/q+1;/p-1. The number of benzene rings is 2. The molecule has 0 aliphatic heterocycles. The molecule has 0 unspecified atom stereocenters. The molecule has 134 valence electrons. The van der Waals surface area contributed by atoms with Gasteiger partial charge in [0.05, 0.1) is 17.5 Å². The first-order valence-electron chi connectivity index (χ1n) is 7.73. The molecule has 0 bridgehead atoms. The number of fused-ring (bicyclic) bond motifs is 3. The fourth-order valence-corrected chi connectivity index (χ4v) is 3.04. The smallest absolute Gasteiger partial charge is 0.222 e. The number of hydrogen-bond donors (Lipinski definition) is 0. The highest BCUT2D eigenvalue weighted by Gasteiger charge is 2.26. The van der Waals surface area contributed by atoms with Crippen LogP contribution in [0.2, 0.25) is 5.02 Å². The van der Waals surface area contributed by atoms with E-state index >= 15 is 0 Å². The van der Waals surface area contributed by atoms with E-state index in [0.717, 1.165) is 34.9 Å². The number of aryl methyl sites for hydroxylation is 2. The van der Waals surface area contributed by atoms with E-state index in [1.165, 1.54) is 16.7 Å². The molecule has 26 heavy (non-hydrogen) atoms. The first-order chi connectivity index (χ1) is 12.3. The lowest BCUT2D eigenvalue weighted by Gasteiger charge is -2.17. The second-order valence-electron chi connectivity index (χ2n) is 5.68. The van der Waals surface area contributed by atoms with Crippen LogP contribution in [0.15, 0.2) is 65.1 Å². The molecule has 1 heterocycles. The van der Waals surface area contributed by atoms with Crippen LogP contribution in [-0.2, 0) is 12.8 Å². The summed E-state index contributed by atoms with van der Waals surface area (Å²) in [6.07, 6.45) is 1.99. The quantitative estimate of drug-likeness (QED) is 0.572. The molecule has 0 spiro atoms. The van der Waals surface area contributed by atoms with Gasteiger partial charge in [-0.25, -0.2) is 23.1 Å². The normalized spacial score (nSPS) is 12.5. The molecule has 7 heteroatoms. The van der Waals surface area contributed by atoms with Crippen molar-refractivity contribution >= 4 is 11.6 Å². The Labute approximate surface area is 157 Å². The maximum absolute atomic E-state index is 8.49. The zero-order valence-electron chi connectivity index (χ0n) is 13.5. The third-order valence-corrected chi connectivity index (χ3v) is 4.24. The maximum Gasteiger partial charge on any atom is 0.360 e. The molecular formula is C19H14Cl2O5. The van der Waals surface area contributed by atoms with Crippen LogP contribution in [0.25, 0.3) is 22.5 Å². The van der Waals surface area contributed by atoms with Crippen LogP contribution in [0, 0.1) is 10.2 Å². The van der Waals surface area contributed by atoms with Crippen molar-refractivity contribution < 1.29 is 33.3 Å². The van der Waals surface area contributed by atoms with Crippen LogP contribution in [0.1, 0.15) is 11.3 Å². The SMILES string of the molecule is Clc1ccc(-c2ccc3c([o+]2)CCc2ccccc2-3)cc1.[O-][Cl+3]([O-])([O-])[O-]. The zero-order chi connectivity index (χ0) is 18.7. The fraction of sp³-hybridized carbons (Fsp3) is 0.105. The minimum atomic E-state index is -4.94. The molecule has 0 saturated carbocycles. The third-order valence-electron chi connectivity index (χ3n) is 3.99. The summed E-state index contributed by atoms with van der Waals surface area (Å²) in [6, 6.07) is 20.5. The summed E-state index contributed by atoms with van der Waals surface area (Å²) < 4.78 is 40.1. The Morgan fingerprint density at radius 3 is 2.12 bits per heavy atom. The summed E-state index contributed by atoms with van der Waals surface area (Å²) in [5, 5.41) is 0.741. The van der Waals surface area contributed by atoms with E-state index in [-0.39, 0.29) is 0 Å². The van der Waals surface area contributed by atoms with E-state index in [4.69, 9.17) is 34.7 Å². The molecule has 3 aromatic rings. The van der Waals surface area contributed by atoms with Crippen LogP contribution in [0.3, 0.4) is 0 Å². The molecule has 2 aromatic carbocycles. The van der Waals surface area contributed by atoms with Crippen molar-refractivity contribution in [2.45, 2.75) is 12.8 Å². The van der Waals surface area contributed by atoms with Gasteiger partial charge in [-0.05, 0) is 47.9 Å². The average Bonchev–Trinajstić information content (AvgIpc) is 2.60. The topological polar surface area (TPSA) is 104 Å². The Balaban J connectivity index is 0.000000349. The third kappa shape index (κ3) is 4.80. The predicted molar refractivity (Wildman–Crippen MR) is 86.4 cm³/mol. The lowest BCUT2D eigenvalue weighted by molar-refractivity contribution is -2.00. The number of rotatable bonds is 1. The molecule has 1 aliphatic rings. The number of hydrogen-bond acceptors (Lipinski definition) is 4. The Morgan fingerprint density at radius 1 is 0.769 bits per heavy atom. The Bertz CT molecular complexity index is 899. The highest BCUT2D eigenvalue weighted by molar-refractivity contribution is 6.30. The van der Waals surface area contributed by atoms with Crippen molar-refractivity contribution in [3.63, 3.8) is 0 Å². The van der Waals surface area contributed by atoms with Crippen molar-refractivity contribution in [1.29, 1.82) is 0 Å². The van der Waals surface area contributed by atoms with Gasteiger partial charge in [-0.2, -0.15) is 0 Å². The van der Waals surface area contributed by atoms with Gasteiger partial charge in [0.25, 0.3) is 0 Å². The van der Waals surface area contributed by atoms with E-state index in [1.54, 1.807) is 0 Å². The van der Waals surface area contributed by atoms with Crippen LogP contribution in [0.4, 0.5) is 0 Å². The van der Waals surface area contributed by atoms with Gasteiger partial charge in [0.15, 0.2) is 0 Å². The van der Waals surface area contributed by atoms with E-state index in [1.807, 2.05) is 30.3 Å². The van der Waals surface area contributed by atoms with Gasteiger partial charge in [0, 0.05) is 11.1 Å². The van der Waals surface area contributed by atoms with Gasteiger partial charge in [-0.15, -0.1) is 10.2 Å².